The number of anilines is 1. The molecule has 126 valence electrons. The van der Waals surface area contributed by atoms with Gasteiger partial charge in [-0.05, 0) is 6.92 Å². The number of H-pyrrole nitrogens is 2. The molecular formula is C15H18N6O2S. The summed E-state index contributed by atoms with van der Waals surface area (Å²) >= 11 is 1.77. The van der Waals surface area contributed by atoms with Crippen LogP contribution in [0.15, 0.2) is 34.2 Å². The van der Waals surface area contributed by atoms with E-state index in [4.69, 9.17) is 4.42 Å². The molecule has 0 aliphatic rings. The minimum atomic E-state index is -0.189. The highest BCUT2D eigenvalue weighted by Crippen LogP contribution is 2.12. The van der Waals surface area contributed by atoms with Crippen LogP contribution in [0, 0.1) is 6.92 Å². The number of nitrogens with one attached hydrogen (secondary N) is 3. The van der Waals surface area contributed by atoms with Crippen LogP contribution in [0.25, 0.3) is 0 Å². The lowest BCUT2D eigenvalue weighted by Crippen LogP contribution is -2.18. The number of aromatic amines is 2. The minimum absolute atomic E-state index is 0.189. The first-order valence-electron chi connectivity index (χ1n) is 7.49. The van der Waals surface area contributed by atoms with Gasteiger partial charge in [-0.3, -0.25) is 9.78 Å². The Bertz CT molecular complexity index is 827. The van der Waals surface area contributed by atoms with Crippen molar-refractivity contribution in [2.75, 3.05) is 17.6 Å². The second-order valence-corrected chi connectivity index (χ2v) is 6.25. The summed E-state index contributed by atoms with van der Waals surface area (Å²) in [6, 6.07) is 0. The maximum Gasteiger partial charge on any atom is 0.255 e. The van der Waals surface area contributed by atoms with Crippen molar-refractivity contribution in [3.8, 4) is 0 Å². The van der Waals surface area contributed by atoms with E-state index in [2.05, 4.69) is 30.2 Å². The van der Waals surface area contributed by atoms with Gasteiger partial charge in [-0.1, -0.05) is 0 Å². The van der Waals surface area contributed by atoms with Crippen LogP contribution in [-0.4, -0.2) is 37.2 Å². The maximum absolute atomic E-state index is 12.0. The Balaban J connectivity index is 1.45. The summed E-state index contributed by atoms with van der Waals surface area (Å²) in [4.78, 5) is 30.3. The van der Waals surface area contributed by atoms with Crippen LogP contribution in [0.3, 0.4) is 0 Å². The van der Waals surface area contributed by atoms with E-state index in [0.29, 0.717) is 30.4 Å². The third-order valence-electron chi connectivity index (χ3n) is 3.41. The van der Waals surface area contributed by atoms with Gasteiger partial charge >= 0.3 is 0 Å². The summed E-state index contributed by atoms with van der Waals surface area (Å²) in [6.07, 6.45) is 6.61. The Kier molecular flexibility index (Phi) is 5.32. The van der Waals surface area contributed by atoms with Gasteiger partial charge in [0.15, 0.2) is 5.89 Å². The predicted molar refractivity (Wildman–Crippen MR) is 92.1 cm³/mol. The fourth-order valence-electron chi connectivity index (χ4n) is 2.08. The van der Waals surface area contributed by atoms with Crippen LogP contribution < -0.4 is 10.9 Å². The zero-order chi connectivity index (χ0) is 16.8. The molecule has 3 rings (SSSR count). The number of hydrogen-bond donors (Lipinski definition) is 3. The second-order valence-electron chi connectivity index (χ2n) is 5.14. The van der Waals surface area contributed by atoms with Gasteiger partial charge in [0, 0.05) is 35.5 Å². The third-order valence-corrected chi connectivity index (χ3v) is 4.38. The van der Waals surface area contributed by atoms with Crippen molar-refractivity contribution in [1.29, 1.82) is 0 Å². The van der Waals surface area contributed by atoms with E-state index in [0.717, 1.165) is 22.9 Å². The van der Waals surface area contributed by atoms with E-state index in [1.807, 2.05) is 6.92 Å². The molecule has 3 heterocycles. The fourth-order valence-corrected chi connectivity index (χ4v) is 2.96. The van der Waals surface area contributed by atoms with E-state index in [9.17, 15) is 4.79 Å². The number of thioether (sulfide) groups is 1. The van der Waals surface area contributed by atoms with E-state index >= 15 is 0 Å². The van der Waals surface area contributed by atoms with Gasteiger partial charge < -0.3 is 14.7 Å². The van der Waals surface area contributed by atoms with Gasteiger partial charge in [0.2, 0.25) is 5.95 Å². The number of imidazole rings is 1. The SMILES string of the molecule is Cc1[nH]cnc1CSCCNc1ncc(Cc2ncco2)c(=O)[nH]1. The Labute approximate surface area is 142 Å². The molecule has 0 saturated heterocycles. The van der Waals surface area contributed by atoms with Crippen LogP contribution in [0.2, 0.25) is 0 Å². The highest BCUT2D eigenvalue weighted by molar-refractivity contribution is 7.98. The average molecular weight is 346 g/mol. The first-order chi connectivity index (χ1) is 11.7. The van der Waals surface area contributed by atoms with Crippen LogP contribution in [0.5, 0.6) is 0 Å². The summed E-state index contributed by atoms with van der Waals surface area (Å²) < 4.78 is 5.14. The van der Waals surface area contributed by atoms with Crippen molar-refractivity contribution in [2.24, 2.45) is 0 Å². The molecule has 3 N–H and O–H groups in total. The average Bonchev–Trinajstić information content (AvgIpc) is 3.22. The van der Waals surface area contributed by atoms with Crippen molar-refractivity contribution in [1.82, 2.24) is 24.9 Å². The molecule has 0 aliphatic carbocycles. The van der Waals surface area contributed by atoms with Crippen LogP contribution in [0.4, 0.5) is 5.95 Å². The summed E-state index contributed by atoms with van der Waals surface area (Å²) in [5, 5.41) is 3.11. The number of nitrogens with zero attached hydrogens (tertiary/aromatic N) is 3. The highest BCUT2D eigenvalue weighted by Gasteiger charge is 2.07. The van der Waals surface area contributed by atoms with Crippen LogP contribution in [-0.2, 0) is 12.2 Å². The first-order valence-corrected chi connectivity index (χ1v) is 8.65. The quantitative estimate of drug-likeness (QED) is 0.532. The summed E-state index contributed by atoms with van der Waals surface area (Å²) in [6.45, 7) is 2.71. The summed E-state index contributed by atoms with van der Waals surface area (Å²) in [5.74, 6) is 2.70. The van der Waals surface area contributed by atoms with E-state index in [-0.39, 0.29) is 5.56 Å². The van der Waals surface area contributed by atoms with Crippen molar-refractivity contribution >= 4 is 17.7 Å². The van der Waals surface area contributed by atoms with E-state index in [1.165, 1.54) is 6.26 Å². The molecule has 0 unspecified atom stereocenters. The molecule has 24 heavy (non-hydrogen) atoms. The van der Waals surface area contributed by atoms with Crippen LogP contribution >= 0.6 is 11.8 Å². The smallest absolute Gasteiger partial charge is 0.255 e. The second kappa shape index (κ2) is 7.82. The lowest BCUT2D eigenvalue weighted by molar-refractivity contribution is 0.506. The van der Waals surface area contributed by atoms with Gasteiger partial charge in [-0.2, -0.15) is 11.8 Å². The fraction of sp³-hybridized carbons (Fsp3) is 0.333. The molecular weight excluding hydrogens is 328 g/mol. The van der Waals surface area contributed by atoms with E-state index in [1.54, 1.807) is 30.5 Å². The lowest BCUT2D eigenvalue weighted by Gasteiger charge is -2.05. The molecule has 0 aromatic carbocycles. The zero-order valence-electron chi connectivity index (χ0n) is 13.2. The van der Waals surface area contributed by atoms with Crippen molar-refractivity contribution < 1.29 is 4.42 Å². The first kappa shape index (κ1) is 16.3. The van der Waals surface area contributed by atoms with Crippen molar-refractivity contribution in [3.05, 3.63) is 58.2 Å². The normalized spacial score (nSPS) is 10.9. The van der Waals surface area contributed by atoms with E-state index < -0.39 is 0 Å². The molecule has 0 radical (unpaired) electrons. The molecule has 8 nitrogen and oxygen atoms in total. The standard InChI is InChI=1S/C15H18N6O2S/c1-10-12(20-9-19-10)8-24-5-3-17-15-18-7-11(14(22)21-15)6-13-16-2-4-23-13/h2,4,7,9H,3,5-6,8H2,1H3,(H,19,20)(H2,17,18,21,22). The monoisotopic (exact) mass is 346 g/mol. The van der Waals surface area contributed by atoms with Gasteiger partial charge in [0.1, 0.15) is 6.26 Å². The van der Waals surface area contributed by atoms with Gasteiger partial charge in [0.05, 0.1) is 24.6 Å². The zero-order valence-corrected chi connectivity index (χ0v) is 14.0. The molecule has 9 heteroatoms. The lowest BCUT2D eigenvalue weighted by atomic mass is 10.2. The molecule has 0 spiro atoms. The predicted octanol–water partition coefficient (Wildman–Crippen LogP) is 1.73. The highest BCUT2D eigenvalue weighted by atomic mass is 32.2. The molecule has 3 aromatic rings. The topological polar surface area (TPSA) is 112 Å². The van der Waals surface area contributed by atoms with Crippen LogP contribution in [0.1, 0.15) is 22.8 Å². The number of aryl methyl sites for hydroxylation is 1. The number of oxazole rings is 1. The summed E-state index contributed by atoms with van der Waals surface area (Å²) in [5.41, 5.74) is 2.50. The number of aromatic nitrogens is 5. The molecule has 0 saturated carbocycles. The maximum atomic E-state index is 12.0. The molecule has 0 atom stereocenters. The molecule has 3 aromatic heterocycles. The molecule has 0 amide bonds. The Morgan fingerprint density at radius 3 is 2.96 bits per heavy atom. The van der Waals surface area contributed by atoms with Crippen molar-refractivity contribution in [3.63, 3.8) is 0 Å². The van der Waals surface area contributed by atoms with Gasteiger partial charge in [0.25, 0.3) is 5.56 Å². The largest absolute Gasteiger partial charge is 0.449 e. The number of rotatable bonds is 8. The number of hydrogen-bond acceptors (Lipinski definition) is 7. The Morgan fingerprint density at radius 1 is 1.33 bits per heavy atom. The van der Waals surface area contributed by atoms with Gasteiger partial charge in [-0.15, -0.1) is 0 Å². The summed E-state index contributed by atoms with van der Waals surface area (Å²) in [7, 11) is 0. The minimum Gasteiger partial charge on any atom is -0.449 e. The van der Waals surface area contributed by atoms with Gasteiger partial charge in [-0.25, -0.2) is 15.0 Å². The molecule has 0 aliphatic heterocycles. The third kappa shape index (κ3) is 4.25. The Morgan fingerprint density at radius 2 is 2.25 bits per heavy atom. The molecule has 0 bridgehead atoms. The molecule has 0 fully saturated rings. The Hall–Kier alpha value is -2.55. The van der Waals surface area contributed by atoms with Crippen molar-refractivity contribution in [2.45, 2.75) is 19.1 Å².